The van der Waals surface area contributed by atoms with Gasteiger partial charge < -0.3 is 0 Å². The molecule has 7 heteroatoms. The number of Topliss-reactive ketones (excluding diaryl/α,β-unsaturated/α-hetero) is 1. The zero-order valence-electron chi connectivity index (χ0n) is 17.0. The lowest BCUT2D eigenvalue weighted by molar-refractivity contribution is -0.0982. The maximum absolute atomic E-state index is 13.1. The highest BCUT2D eigenvalue weighted by Crippen LogP contribution is 2.45. The summed E-state index contributed by atoms with van der Waals surface area (Å²) in [7, 11) is -2.04. The Hall–Kier alpha value is -1.63. The van der Waals surface area contributed by atoms with Gasteiger partial charge in [0.1, 0.15) is 5.65 Å². The number of rotatable bonds is 6. The van der Waals surface area contributed by atoms with Crippen LogP contribution in [0.25, 0.3) is 11.0 Å². The zero-order valence-corrected chi connectivity index (χ0v) is 18.0. The molecule has 0 aliphatic heterocycles. The fraction of sp³-hybridized carbons (Fsp3) is 0.650. The minimum absolute atomic E-state index is 0.233. The van der Waals surface area contributed by atoms with Crippen molar-refractivity contribution in [3.8, 4) is 0 Å². The predicted octanol–water partition coefficient (Wildman–Crippen LogP) is 5.68. The third-order valence-electron chi connectivity index (χ3n) is 6.29. The number of carbonyl (C=O) groups excluding carboxylic acids is 1. The van der Waals surface area contributed by atoms with E-state index in [2.05, 4.69) is 50.9 Å². The van der Waals surface area contributed by atoms with Crippen LogP contribution in [0.2, 0.25) is 16.6 Å². The molecule has 0 saturated heterocycles. The van der Waals surface area contributed by atoms with Crippen LogP contribution in [0.1, 0.15) is 64.7 Å². The highest BCUT2D eigenvalue weighted by Gasteiger charge is 2.49. The van der Waals surface area contributed by atoms with Crippen LogP contribution >= 0.6 is 0 Å². The molecule has 148 valence electrons. The van der Waals surface area contributed by atoms with Gasteiger partial charge in [0, 0.05) is 35.9 Å². The molecule has 1 aliphatic carbocycles. The van der Waals surface area contributed by atoms with Gasteiger partial charge in [-0.25, -0.2) is 13.8 Å². The summed E-state index contributed by atoms with van der Waals surface area (Å²) in [6.45, 7) is 13.6. The fourth-order valence-corrected chi connectivity index (χ4v) is 11.4. The third-order valence-corrected chi connectivity index (χ3v) is 12.9. The molecule has 2 heterocycles. The minimum Gasteiger partial charge on any atom is -0.294 e. The van der Waals surface area contributed by atoms with Gasteiger partial charge in [0.15, 0.2) is 14.0 Å². The van der Waals surface area contributed by atoms with E-state index >= 15 is 0 Å². The number of halogens is 2. The second kappa shape index (κ2) is 6.76. The van der Waals surface area contributed by atoms with Crippen LogP contribution in [0, 0.1) is 5.92 Å². The number of aromatic nitrogens is 3. The highest BCUT2D eigenvalue weighted by molar-refractivity contribution is 6.82. The molecule has 0 radical (unpaired) electrons. The van der Waals surface area contributed by atoms with Gasteiger partial charge in [-0.15, -0.1) is 0 Å². The quantitative estimate of drug-likeness (QED) is 0.468. The fourth-order valence-electron chi connectivity index (χ4n) is 5.16. The molecule has 0 unspecified atom stereocenters. The monoisotopic (exact) mass is 393 g/mol. The number of fused-ring (bicyclic) bond motifs is 1. The van der Waals surface area contributed by atoms with Gasteiger partial charge in [0.2, 0.25) is 5.92 Å². The number of carbonyl (C=O) groups is 1. The SMILES string of the molecule is CC(C)[Si](C(C)C)(C(C)C)n1ncc2cc(C(=O)C3CC(F)(F)C3)cnc21. The first-order valence-electron chi connectivity index (χ1n) is 9.77. The van der Waals surface area contributed by atoms with Crippen molar-refractivity contribution in [2.75, 3.05) is 0 Å². The van der Waals surface area contributed by atoms with Crippen LogP contribution in [-0.4, -0.2) is 34.4 Å². The molecule has 0 atom stereocenters. The maximum atomic E-state index is 13.1. The lowest BCUT2D eigenvalue weighted by atomic mass is 9.77. The van der Waals surface area contributed by atoms with Crippen molar-refractivity contribution in [2.45, 2.75) is 76.9 Å². The standard InChI is InChI=1S/C20H29F2N3OSi/c1-12(2)27(13(3)4,14(5)6)25-19-16(11-24-25)7-15(10-23-19)18(26)17-8-20(21,22)9-17/h7,10-14,17H,8-9H2,1-6H3. The molecular formula is C20H29F2N3OSi. The summed E-state index contributed by atoms with van der Waals surface area (Å²) in [5.41, 5.74) is 2.63. The van der Waals surface area contributed by atoms with Crippen LogP contribution in [0.3, 0.4) is 0 Å². The number of hydrogen-bond donors (Lipinski definition) is 0. The average Bonchev–Trinajstić information content (AvgIpc) is 2.95. The van der Waals surface area contributed by atoms with Crippen LogP contribution in [0.5, 0.6) is 0 Å². The van der Waals surface area contributed by atoms with Gasteiger partial charge in [-0.2, -0.15) is 5.10 Å². The lowest BCUT2D eigenvalue weighted by Gasteiger charge is -2.42. The van der Waals surface area contributed by atoms with Crippen molar-refractivity contribution in [1.82, 2.24) is 14.4 Å². The molecule has 0 spiro atoms. The van der Waals surface area contributed by atoms with Crippen molar-refractivity contribution < 1.29 is 13.6 Å². The smallest absolute Gasteiger partial charge is 0.249 e. The molecule has 4 nitrogen and oxygen atoms in total. The van der Waals surface area contributed by atoms with E-state index in [1.807, 2.05) is 0 Å². The topological polar surface area (TPSA) is 47.8 Å². The van der Waals surface area contributed by atoms with E-state index in [0.29, 0.717) is 22.2 Å². The number of ketones is 1. The van der Waals surface area contributed by atoms with Crippen LogP contribution in [0.4, 0.5) is 8.78 Å². The van der Waals surface area contributed by atoms with E-state index in [1.165, 1.54) is 0 Å². The summed E-state index contributed by atoms with van der Waals surface area (Å²) in [6.07, 6.45) is 2.60. The Kier molecular flexibility index (Phi) is 5.03. The average molecular weight is 394 g/mol. The molecule has 2 aromatic heterocycles. The summed E-state index contributed by atoms with van der Waals surface area (Å²) in [4.78, 5) is 17.1. The normalized spacial score (nSPS) is 17.9. The van der Waals surface area contributed by atoms with E-state index in [-0.39, 0.29) is 18.6 Å². The molecule has 0 bridgehead atoms. The Morgan fingerprint density at radius 2 is 1.67 bits per heavy atom. The molecule has 1 aliphatic rings. The largest absolute Gasteiger partial charge is 0.294 e. The van der Waals surface area contributed by atoms with Crippen molar-refractivity contribution in [3.63, 3.8) is 0 Å². The molecule has 3 rings (SSSR count). The summed E-state index contributed by atoms with van der Waals surface area (Å²) in [6, 6.07) is 1.77. The number of alkyl halides is 2. The van der Waals surface area contributed by atoms with Gasteiger partial charge >= 0.3 is 0 Å². The van der Waals surface area contributed by atoms with Crippen molar-refractivity contribution in [3.05, 3.63) is 24.0 Å². The van der Waals surface area contributed by atoms with Gasteiger partial charge in [-0.05, 0) is 22.7 Å². The summed E-state index contributed by atoms with van der Waals surface area (Å²) in [5.74, 6) is -3.52. The first-order valence-corrected chi connectivity index (χ1v) is 11.9. The van der Waals surface area contributed by atoms with E-state index in [4.69, 9.17) is 5.10 Å². The first kappa shape index (κ1) is 20.1. The maximum Gasteiger partial charge on any atom is 0.249 e. The van der Waals surface area contributed by atoms with Gasteiger partial charge in [-0.1, -0.05) is 41.5 Å². The molecule has 2 aromatic rings. The van der Waals surface area contributed by atoms with Crippen LogP contribution in [0.15, 0.2) is 18.5 Å². The Labute approximate surface area is 160 Å². The predicted molar refractivity (Wildman–Crippen MR) is 106 cm³/mol. The summed E-state index contributed by atoms with van der Waals surface area (Å²) in [5, 5.41) is 5.53. The number of hydrogen-bond acceptors (Lipinski definition) is 3. The van der Waals surface area contributed by atoms with Crippen molar-refractivity contribution in [1.29, 1.82) is 0 Å². The Balaban J connectivity index is 2.02. The number of pyridine rings is 1. The Morgan fingerprint density at radius 1 is 1.11 bits per heavy atom. The third kappa shape index (κ3) is 3.13. The van der Waals surface area contributed by atoms with Crippen LogP contribution in [-0.2, 0) is 0 Å². The molecule has 0 aromatic carbocycles. The lowest BCUT2D eigenvalue weighted by Crippen LogP contribution is -2.52. The Morgan fingerprint density at radius 3 is 2.15 bits per heavy atom. The van der Waals surface area contributed by atoms with E-state index in [0.717, 1.165) is 11.0 Å². The number of nitrogens with zero attached hydrogens (tertiary/aromatic N) is 3. The van der Waals surface area contributed by atoms with Gasteiger partial charge in [-0.3, -0.25) is 9.14 Å². The summed E-state index contributed by atoms with van der Waals surface area (Å²) >= 11 is 0. The van der Waals surface area contributed by atoms with Crippen molar-refractivity contribution in [2.24, 2.45) is 5.92 Å². The molecule has 0 amide bonds. The van der Waals surface area contributed by atoms with Gasteiger partial charge in [0.05, 0.1) is 6.20 Å². The highest BCUT2D eigenvalue weighted by atomic mass is 28.3. The van der Waals surface area contributed by atoms with E-state index in [1.54, 1.807) is 18.5 Å². The molecule has 1 saturated carbocycles. The van der Waals surface area contributed by atoms with Crippen LogP contribution < -0.4 is 0 Å². The minimum atomic E-state index is -2.69. The summed E-state index contributed by atoms with van der Waals surface area (Å²) < 4.78 is 28.4. The van der Waals surface area contributed by atoms with E-state index in [9.17, 15) is 13.6 Å². The van der Waals surface area contributed by atoms with E-state index < -0.39 is 20.1 Å². The molecule has 1 fully saturated rings. The second-order valence-electron chi connectivity index (χ2n) is 8.87. The Bertz CT molecular complexity index is 830. The first-order chi connectivity index (χ1) is 12.5. The van der Waals surface area contributed by atoms with Crippen molar-refractivity contribution >= 4 is 25.1 Å². The molecular weight excluding hydrogens is 364 g/mol. The zero-order chi connectivity index (χ0) is 20.1. The second-order valence-corrected chi connectivity index (χ2v) is 14.5. The molecule has 27 heavy (non-hydrogen) atoms. The molecule has 0 N–H and O–H groups in total. The van der Waals surface area contributed by atoms with Gasteiger partial charge in [0.25, 0.3) is 0 Å².